The number of hydrogen-bond acceptors (Lipinski definition) is 1. The Labute approximate surface area is 119 Å². The fourth-order valence-corrected chi connectivity index (χ4v) is 2.04. The third-order valence-electron chi connectivity index (χ3n) is 2.38. The van der Waals surface area contributed by atoms with Gasteiger partial charge in [0.25, 0.3) is 0 Å². The van der Waals surface area contributed by atoms with E-state index in [4.69, 9.17) is 4.74 Å². The monoisotopic (exact) mass is 352 g/mol. The highest BCUT2D eigenvalue weighted by Gasteiger charge is 2.20. The van der Waals surface area contributed by atoms with Crippen molar-refractivity contribution in [1.29, 1.82) is 0 Å². The molecule has 0 bridgehead atoms. The number of rotatable bonds is 3. The van der Waals surface area contributed by atoms with E-state index in [2.05, 4.69) is 15.9 Å². The van der Waals surface area contributed by atoms with Crippen molar-refractivity contribution in [2.24, 2.45) is 0 Å². The Morgan fingerprint density at radius 3 is 2.00 bits per heavy atom. The van der Waals surface area contributed by atoms with Crippen LogP contribution in [0.15, 0.2) is 28.7 Å². The summed E-state index contributed by atoms with van der Waals surface area (Å²) in [7, 11) is 0. The molecule has 2 aromatic carbocycles. The molecule has 2 rings (SSSR count). The summed E-state index contributed by atoms with van der Waals surface area (Å²) < 4.78 is 70.7. The summed E-state index contributed by atoms with van der Waals surface area (Å²) in [6, 6.07) is 3.76. The predicted molar refractivity (Wildman–Crippen MR) is 64.7 cm³/mol. The maximum Gasteiger partial charge on any atom is 0.203 e. The molecule has 20 heavy (non-hydrogen) atoms. The van der Waals surface area contributed by atoms with Gasteiger partial charge in [-0.05, 0) is 23.8 Å². The average Bonchev–Trinajstić information content (AvgIpc) is 2.35. The van der Waals surface area contributed by atoms with Crippen molar-refractivity contribution in [3.05, 3.63) is 63.4 Å². The average molecular weight is 353 g/mol. The van der Waals surface area contributed by atoms with Gasteiger partial charge in [-0.3, -0.25) is 0 Å². The molecule has 0 amide bonds. The van der Waals surface area contributed by atoms with Crippen LogP contribution in [0.5, 0.6) is 5.75 Å². The van der Waals surface area contributed by atoms with E-state index in [1.807, 2.05) is 0 Å². The molecule has 1 nitrogen and oxygen atoms in total. The highest BCUT2D eigenvalue weighted by Crippen LogP contribution is 2.27. The first-order chi connectivity index (χ1) is 9.38. The highest BCUT2D eigenvalue weighted by atomic mass is 79.9. The first-order valence-corrected chi connectivity index (χ1v) is 6.08. The summed E-state index contributed by atoms with van der Waals surface area (Å²) in [5.74, 6) is -8.19. The largest absolute Gasteiger partial charge is 0.483 e. The second-order valence-electron chi connectivity index (χ2n) is 3.86. The van der Waals surface area contributed by atoms with Crippen molar-refractivity contribution in [2.75, 3.05) is 0 Å². The van der Waals surface area contributed by atoms with Crippen molar-refractivity contribution < 1.29 is 26.7 Å². The molecule has 0 fully saturated rings. The van der Waals surface area contributed by atoms with E-state index in [1.165, 1.54) is 12.1 Å². The zero-order chi connectivity index (χ0) is 14.9. The van der Waals surface area contributed by atoms with Crippen LogP contribution in [0.1, 0.15) is 5.56 Å². The lowest BCUT2D eigenvalue weighted by atomic mass is 10.2. The van der Waals surface area contributed by atoms with Crippen LogP contribution in [0.3, 0.4) is 0 Å². The van der Waals surface area contributed by atoms with E-state index in [0.29, 0.717) is 4.47 Å². The Kier molecular flexibility index (Phi) is 4.27. The van der Waals surface area contributed by atoms with Gasteiger partial charge in [-0.1, -0.05) is 15.9 Å². The van der Waals surface area contributed by atoms with Gasteiger partial charge in [0, 0.05) is 10.5 Å². The molecule has 0 unspecified atom stereocenters. The Hall–Kier alpha value is -1.63. The highest BCUT2D eigenvalue weighted by molar-refractivity contribution is 9.10. The molecule has 0 atom stereocenters. The van der Waals surface area contributed by atoms with Gasteiger partial charge in [0.05, 0.1) is 0 Å². The minimum atomic E-state index is -1.64. The van der Waals surface area contributed by atoms with Gasteiger partial charge in [0.15, 0.2) is 17.4 Å². The molecule has 0 aliphatic carbocycles. The van der Waals surface area contributed by atoms with Crippen molar-refractivity contribution in [3.63, 3.8) is 0 Å². The van der Waals surface area contributed by atoms with Crippen LogP contribution < -0.4 is 4.74 Å². The van der Waals surface area contributed by atoms with Gasteiger partial charge < -0.3 is 4.74 Å². The van der Waals surface area contributed by atoms with Crippen LogP contribution in [0.25, 0.3) is 0 Å². The molecule has 0 N–H and O–H groups in total. The Morgan fingerprint density at radius 1 is 0.850 bits per heavy atom. The van der Waals surface area contributed by atoms with Crippen molar-refractivity contribution in [1.82, 2.24) is 0 Å². The van der Waals surface area contributed by atoms with Crippen LogP contribution in [0.4, 0.5) is 22.0 Å². The van der Waals surface area contributed by atoms with Crippen molar-refractivity contribution in [3.8, 4) is 5.75 Å². The molecule has 0 saturated heterocycles. The lowest BCUT2D eigenvalue weighted by Gasteiger charge is -2.10. The summed E-state index contributed by atoms with van der Waals surface area (Å²) in [4.78, 5) is 0. The third-order valence-corrected chi connectivity index (χ3v) is 2.83. The van der Waals surface area contributed by atoms with E-state index >= 15 is 0 Å². The zero-order valence-electron chi connectivity index (χ0n) is 9.69. The Balaban J connectivity index is 2.27. The van der Waals surface area contributed by atoms with Gasteiger partial charge in [-0.15, -0.1) is 0 Å². The van der Waals surface area contributed by atoms with Gasteiger partial charge in [0.1, 0.15) is 12.4 Å². The quantitative estimate of drug-likeness (QED) is 0.573. The van der Waals surface area contributed by atoms with Gasteiger partial charge >= 0.3 is 0 Å². The molecule has 106 valence electrons. The second-order valence-corrected chi connectivity index (χ2v) is 4.78. The second kappa shape index (κ2) is 5.78. The molecular formula is C13H6BrF5O. The molecule has 0 radical (unpaired) electrons. The predicted octanol–water partition coefficient (Wildman–Crippen LogP) is 4.72. The molecule has 7 heteroatoms. The van der Waals surface area contributed by atoms with Crippen LogP contribution in [0, 0.1) is 29.1 Å². The number of halogens is 6. The maximum atomic E-state index is 13.3. The van der Waals surface area contributed by atoms with E-state index in [-0.39, 0.29) is 11.6 Å². The lowest BCUT2D eigenvalue weighted by molar-refractivity contribution is 0.261. The summed E-state index contributed by atoms with van der Waals surface area (Å²) in [6.07, 6.45) is 0. The molecule has 0 saturated carbocycles. The van der Waals surface area contributed by atoms with E-state index < -0.39 is 41.4 Å². The summed E-state index contributed by atoms with van der Waals surface area (Å²) in [6.45, 7) is -0.451. The smallest absolute Gasteiger partial charge is 0.203 e. The van der Waals surface area contributed by atoms with E-state index in [1.54, 1.807) is 0 Å². The molecule has 2 aromatic rings. The molecular weight excluding hydrogens is 347 g/mol. The maximum absolute atomic E-state index is 13.3. The van der Waals surface area contributed by atoms with Crippen LogP contribution in [-0.2, 0) is 6.61 Å². The van der Waals surface area contributed by atoms with Crippen LogP contribution >= 0.6 is 15.9 Å². The topological polar surface area (TPSA) is 9.23 Å². The molecule has 0 heterocycles. The van der Waals surface area contributed by atoms with E-state index in [9.17, 15) is 22.0 Å². The lowest BCUT2D eigenvalue weighted by Crippen LogP contribution is -2.04. The first-order valence-electron chi connectivity index (χ1n) is 5.29. The number of ether oxygens (including phenoxy) is 1. The van der Waals surface area contributed by atoms with Crippen molar-refractivity contribution >= 4 is 15.9 Å². The number of hydrogen-bond donors (Lipinski definition) is 0. The molecule has 0 spiro atoms. The first kappa shape index (κ1) is 14.8. The van der Waals surface area contributed by atoms with Crippen molar-refractivity contribution in [2.45, 2.75) is 6.61 Å². The molecule has 0 aliphatic rings. The minimum Gasteiger partial charge on any atom is -0.483 e. The normalized spacial score (nSPS) is 10.7. The van der Waals surface area contributed by atoms with Gasteiger partial charge in [0.2, 0.25) is 11.6 Å². The fourth-order valence-electron chi connectivity index (χ4n) is 1.53. The number of benzene rings is 2. The van der Waals surface area contributed by atoms with Gasteiger partial charge in [-0.2, -0.15) is 8.78 Å². The van der Waals surface area contributed by atoms with Crippen LogP contribution in [0.2, 0.25) is 0 Å². The third kappa shape index (κ3) is 3.09. The minimum absolute atomic E-state index is 0.0797. The van der Waals surface area contributed by atoms with E-state index in [0.717, 1.165) is 6.07 Å². The van der Waals surface area contributed by atoms with Gasteiger partial charge in [-0.25, -0.2) is 13.2 Å². The standard InChI is InChI=1S/C13H6BrF5O/c14-7-1-6(2-8(15)3-7)5-20-13-11(18)9(16)4-10(17)12(13)19/h1-4H,5H2. The fraction of sp³-hybridized carbons (Fsp3) is 0.0769. The SMILES string of the molecule is Fc1cc(Br)cc(COc2c(F)c(F)cc(F)c2F)c1. The summed E-state index contributed by atoms with van der Waals surface area (Å²) in [5, 5.41) is 0. The van der Waals surface area contributed by atoms with Crippen LogP contribution in [-0.4, -0.2) is 0 Å². The summed E-state index contributed by atoms with van der Waals surface area (Å²) in [5.41, 5.74) is 0.236. The molecule has 0 aromatic heterocycles. The Morgan fingerprint density at radius 2 is 1.45 bits per heavy atom. The Bertz CT molecular complexity index is 613. The zero-order valence-corrected chi connectivity index (χ0v) is 11.3. The molecule has 0 aliphatic heterocycles. The summed E-state index contributed by atoms with van der Waals surface area (Å²) >= 11 is 3.03.